The van der Waals surface area contributed by atoms with Crippen molar-refractivity contribution in [3.63, 3.8) is 0 Å². The smallest absolute Gasteiger partial charge is 0.0951 e. The van der Waals surface area contributed by atoms with E-state index in [1.807, 2.05) is 12.5 Å². The fraction of sp³-hybridized carbons (Fsp3) is 0.750. The quantitative estimate of drug-likeness (QED) is 0.837. The molecule has 3 rings (SSSR count). The highest BCUT2D eigenvalue weighted by Crippen LogP contribution is 2.35. The van der Waals surface area contributed by atoms with Crippen molar-refractivity contribution in [3.05, 3.63) is 18.2 Å². The SMILES string of the molecule is c1ncn(C2CC2)c1COC1CCCNC1. The second kappa shape index (κ2) is 4.55. The van der Waals surface area contributed by atoms with Crippen LogP contribution in [0.25, 0.3) is 0 Å². The summed E-state index contributed by atoms with van der Waals surface area (Å²) in [6.45, 7) is 2.85. The molecule has 1 unspecified atom stereocenters. The number of piperidine rings is 1. The summed E-state index contributed by atoms with van der Waals surface area (Å²) in [6, 6.07) is 0.700. The maximum absolute atomic E-state index is 5.92. The second-order valence-corrected chi connectivity index (χ2v) is 4.80. The van der Waals surface area contributed by atoms with Gasteiger partial charge in [-0.25, -0.2) is 4.98 Å². The molecule has 1 saturated heterocycles. The summed E-state index contributed by atoms with van der Waals surface area (Å²) >= 11 is 0. The Morgan fingerprint density at radius 1 is 1.44 bits per heavy atom. The maximum Gasteiger partial charge on any atom is 0.0951 e. The monoisotopic (exact) mass is 221 g/mol. The molecule has 1 aromatic heterocycles. The van der Waals surface area contributed by atoms with Crippen molar-refractivity contribution in [2.24, 2.45) is 0 Å². The lowest BCUT2D eigenvalue weighted by molar-refractivity contribution is 0.0222. The summed E-state index contributed by atoms with van der Waals surface area (Å²) in [7, 11) is 0. The van der Waals surface area contributed by atoms with Crippen LogP contribution in [0.15, 0.2) is 12.5 Å². The van der Waals surface area contributed by atoms with Gasteiger partial charge in [0.2, 0.25) is 0 Å². The first-order valence-corrected chi connectivity index (χ1v) is 6.26. The zero-order chi connectivity index (χ0) is 10.8. The molecule has 0 amide bonds. The molecule has 1 N–H and O–H groups in total. The van der Waals surface area contributed by atoms with E-state index in [1.54, 1.807) is 0 Å². The Balaban J connectivity index is 1.54. The predicted octanol–water partition coefficient (Wildman–Crippen LogP) is 1.49. The first kappa shape index (κ1) is 10.3. The van der Waals surface area contributed by atoms with Gasteiger partial charge in [0.15, 0.2) is 0 Å². The van der Waals surface area contributed by atoms with Gasteiger partial charge in [-0.3, -0.25) is 0 Å². The van der Waals surface area contributed by atoms with E-state index in [9.17, 15) is 0 Å². The number of nitrogens with zero attached hydrogens (tertiary/aromatic N) is 2. The Labute approximate surface area is 96.0 Å². The van der Waals surface area contributed by atoms with Crippen molar-refractivity contribution in [1.82, 2.24) is 14.9 Å². The van der Waals surface area contributed by atoms with E-state index in [-0.39, 0.29) is 0 Å². The van der Waals surface area contributed by atoms with Crippen LogP contribution in [0.2, 0.25) is 0 Å². The van der Waals surface area contributed by atoms with Crippen molar-refractivity contribution in [2.45, 2.75) is 44.4 Å². The van der Waals surface area contributed by atoms with Crippen LogP contribution in [0, 0.1) is 0 Å². The Kier molecular flexibility index (Phi) is 2.93. The van der Waals surface area contributed by atoms with E-state index < -0.39 is 0 Å². The highest BCUT2D eigenvalue weighted by Gasteiger charge is 2.25. The number of hydrogen-bond donors (Lipinski definition) is 1. The molecule has 0 bridgehead atoms. The van der Waals surface area contributed by atoms with E-state index in [2.05, 4.69) is 14.9 Å². The number of imidazole rings is 1. The van der Waals surface area contributed by atoms with Gasteiger partial charge in [-0.05, 0) is 32.2 Å². The van der Waals surface area contributed by atoms with Crippen molar-refractivity contribution in [3.8, 4) is 0 Å². The third-order valence-electron chi connectivity index (χ3n) is 3.41. The van der Waals surface area contributed by atoms with Crippen LogP contribution in [0.3, 0.4) is 0 Å². The fourth-order valence-corrected chi connectivity index (χ4v) is 2.29. The molecular weight excluding hydrogens is 202 g/mol. The zero-order valence-corrected chi connectivity index (χ0v) is 9.56. The lowest BCUT2D eigenvalue weighted by Crippen LogP contribution is -2.35. The molecule has 2 fully saturated rings. The minimum Gasteiger partial charge on any atom is -0.371 e. The standard InChI is InChI=1S/C12H19N3O/c1-2-12(7-13-5-1)16-8-11-6-14-9-15(11)10-3-4-10/h6,9-10,12-13H,1-5,7-8H2. The molecule has 0 aromatic carbocycles. The van der Waals surface area contributed by atoms with Crippen LogP contribution in [-0.2, 0) is 11.3 Å². The summed E-state index contributed by atoms with van der Waals surface area (Å²) in [4.78, 5) is 4.21. The maximum atomic E-state index is 5.92. The third-order valence-corrected chi connectivity index (χ3v) is 3.41. The molecule has 88 valence electrons. The first-order valence-electron chi connectivity index (χ1n) is 6.26. The van der Waals surface area contributed by atoms with Crippen LogP contribution in [0.1, 0.15) is 37.4 Å². The van der Waals surface area contributed by atoms with Gasteiger partial charge in [-0.1, -0.05) is 0 Å². The van der Waals surface area contributed by atoms with E-state index in [4.69, 9.17) is 4.74 Å². The molecule has 16 heavy (non-hydrogen) atoms. The molecule has 4 heteroatoms. The van der Waals surface area contributed by atoms with E-state index in [1.165, 1.54) is 31.4 Å². The van der Waals surface area contributed by atoms with Gasteiger partial charge in [0.05, 0.1) is 30.9 Å². The van der Waals surface area contributed by atoms with E-state index >= 15 is 0 Å². The van der Waals surface area contributed by atoms with Gasteiger partial charge in [-0.2, -0.15) is 0 Å². The topological polar surface area (TPSA) is 39.1 Å². The van der Waals surface area contributed by atoms with Gasteiger partial charge in [-0.15, -0.1) is 0 Å². The Bertz CT molecular complexity index is 340. The number of rotatable bonds is 4. The number of hydrogen-bond acceptors (Lipinski definition) is 3. The average molecular weight is 221 g/mol. The minimum atomic E-state index is 0.385. The van der Waals surface area contributed by atoms with Crippen molar-refractivity contribution in [2.75, 3.05) is 13.1 Å². The molecule has 1 aromatic rings. The minimum absolute atomic E-state index is 0.385. The van der Waals surface area contributed by atoms with Gasteiger partial charge in [0, 0.05) is 12.6 Å². The summed E-state index contributed by atoms with van der Waals surface area (Å²) in [5.74, 6) is 0. The summed E-state index contributed by atoms with van der Waals surface area (Å²) in [6.07, 6.45) is 9.28. The molecule has 0 radical (unpaired) electrons. The molecule has 1 aliphatic carbocycles. The molecule has 0 spiro atoms. The van der Waals surface area contributed by atoms with Crippen LogP contribution in [0.4, 0.5) is 0 Å². The van der Waals surface area contributed by atoms with Crippen LogP contribution in [-0.4, -0.2) is 28.7 Å². The molecular formula is C12H19N3O. The van der Waals surface area contributed by atoms with Gasteiger partial charge in [0.25, 0.3) is 0 Å². The summed E-state index contributed by atoms with van der Waals surface area (Å²) in [5, 5.41) is 3.37. The van der Waals surface area contributed by atoms with Crippen molar-refractivity contribution < 1.29 is 4.74 Å². The van der Waals surface area contributed by atoms with Crippen LogP contribution >= 0.6 is 0 Å². The Morgan fingerprint density at radius 2 is 2.38 bits per heavy atom. The Hall–Kier alpha value is -0.870. The van der Waals surface area contributed by atoms with Gasteiger partial charge >= 0.3 is 0 Å². The molecule has 1 saturated carbocycles. The van der Waals surface area contributed by atoms with Gasteiger partial charge < -0.3 is 14.6 Å². The number of ether oxygens (including phenoxy) is 1. The predicted molar refractivity (Wildman–Crippen MR) is 61.2 cm³/mol. The first-order chi connectivity index (χ1) is 7.93. The van der Waals surface area contributed by atoms with Crippen molar-refractivity contribution in [1.29, 1.82) is 0 Å². The molecule has 2 aliphatic rings. The van der Waals surface area contributed by atoms with Crippen molar-refractivity contribution >= 4 is 0 Å². The fourth-order valence-electron chi connectivity index (χ4n) is 2.29. The second-order valence-electron chi connectivity index (χ2n) is 4.80. The lowest BCUT2D eigenvalue weighted by Gasteiger charge is -2.23. The lowest BCUT2D eigenvalue weighted by atomic mass is 10.1. The highest BCUT2D eigenvalue weighted by molar-refractivity contribution is 5.02. The van der Waals surface area contributed by atoms with Gasteiger partial charge in [0.1, 0.15) is 0 Å². The largest absolute Gasteiger partial charge is 0.371 e. The number of nitrogens with one attached hydrogen (secondary N) is 1. The molecule has 1 atom stereocenters. The van der Waals surface area contributed by atoms with E-state index in [0.29, 0.717) is 18.8 Å². The normalized spacial score (nSPS) is 25.9. The molecule has 2 heterocycles. The Morgan fingerprint density at radius 3 is 3.12 bits per heavy atom. The highest BCUT2D eigenvalue weighted by atomic mass is 16.5. The molecule has 1 aliphatic heterocycles. The summed E-state index contributed by atoms with van der Waals surface area (Å²) in [5.41, 5.74) is 1.23. The van der Waals surface area contributed by atoms with Crippen LogP contribution in [0.5, 0.6) is 0 Å². The van der Waals surface area contributed by atoms with Crippen LogP contribution < -0.4 is 5.32 Å². The van der Waals surface area contributed by atoms with E-state index in [0.717, 1.165) is 13.1 Å². The molecule has 4 nitrogen and oxygen atoms in total. The summed E-state index contributed by atoms with van der Waals surface area (Å²) < 4.78 is 8.20. The average Bonchev–Trinajstić information content (AvgIpc) is 3.07. The number of aromatic nitrogens is 2. The third kappa shape index (κ3) is 2.28. The zero-order valence-electron chi connectivity index (χ0n) is 9.56.